The van der Waals surface area contributed by atoms with Crippen molar-refractivity contribution in [3.05, 3.63) is 125 Å². The molecule has 0 fully saturated rings. The molecular formula is C41H45AuN5-2. The molecule has 2 aromatic heterocycles. The molecule has 1 aliphatic heterocycles. The number of fused-ring (bicyclic) bond motifs is 4. The van der Waals surface area contributed by atoms with Gasteiger partial charge in [0.2, 0.25) is 0 Å². The Morgan fingerprint density at radius 2 is 0.979 bits per heavy atom. The quantitative estimate of drug-likeness (QED) is 0.129. The van der Waals surface area contributed by atoms with Crippen molar-refractivity contribution in [3.8, 4) is 0 Å². The number of nitrogens with zero attached hydrogens (tertiary/aromatic N) is 5. The number of hydrogen-bond donors (Lipinski definition) is 0. The van der Waals surface area contributed by atoms with Gasteiger partial charge >= 0.3 is 0 Å². The van der Waals surface area contributed by atoms with E-state index in [0.29, 0.717) is 0 Å². The van der Waals surface area contributed by atoms with Crippen LogP contribution in [-0.2, 0) is 33.2 Å². The van der Waals surface area contributed by atoms with Gasteiger partial charge in [0.25, 0.3) is 0 Å². The normalized spacial score (nSPS) is 13.0. The minimum absolute atomic E-state index is 0. The molecule has 1 radical (unpaired) electrons. The molecule has 7 rings (SSSR count). The second-order valence-electron chi connectivity index (χ2n) is 14.7. The molecule has 5 nitrogen and oxygen atoms in total. The summed E-state index contributed by atoms with van der Waals surface area (Å²) in [5.41, 5.74) is 12.4. The van der Waals surface area contributed by atoms with E-state index in [1.54, 1.807) is 12.4 Å². The minimum atomic E-state index is 0. The van der Waals surface area contributed by atoms with E-state index in [0.717, 1.165) is 34.0 Å². The first-order valence-corrected chi connectivity index (χ1v) is 16.1. The van der Waals surface area contributed by atoms with Crippen LogP contribution in [0.5, 0.6) is 0 Å². The predicted molar refractivity (Wildman–Crippen MR) is 195 cm³/mol. The van der Waals surface area contributed by atoms with Crippen molar-refractivity contribution < 1.29 is 22.4 Å². The maximum atomic E-state index is 4.80. The number of benzene rings is 4. The molecule has 0 N–H and O–H groups in total. The van der Waals surface area contributed by atoms with E-state index < -0.39 is 0 Å². The van der Waals surface area contributed by atoms with E-state index in [2.05, 4.69) is 168 Å². The summed E-state index contributed by atoms with van der Waals surface area (Å²) in [5.74, 6) is 1.69. The Bertz CT molecular complexity index is 1920. The first kappa shape index (κ1) is 34.4. The molecule has 247 valence electrons. The van der Waals surface area contributed by atoms with Crippen molar-refractivity contribution >= 4 is 44.8 Å². The molecule has 4 aromatic carbocycles. The third kappa shape index (κ3) is 6.89. The largest absolute Gasteiger partial charge is 0.656 e. The molecule has 0 amide bonds. The standard InChI is InChI=1S/C25H29N4.C16H16N.Au/c1-24(2,3)18-9-7-11-20(15-18)28-17-29(23-22(28)26-13-14-27-23)21-12-8-10-19(16-21)25(4,5)6;1-9-5-11(3)15-13(7-9)14-8-10(2)6-12(4)16(14)17-15;/h7-17H,1-6H3;5-8H,1-4H3;/q2*-1;. The van der Waals surface area contributed by atoms with Crippen LogP contribution in [0.1, 0.15) is 74.9 Å². The van der Waals surface area contributed by atoms with Crippen LogP contribution in [0.3, 0.4) is 0 Å². The smallest absolute Gasteiger partial charge is 0.145 e. The molecule has 0 unspecified atom stereocenters. The maximum Gasteiger partial charge on any atom is 0.145 e. The maximum absolute atomic E-state index is 4.80. The monoisotopic (exact) mass is 804 g/mol. The second-order valence-corrected chi connectivity index (χ2v) is 14.7. The first-order valence-electron chi connectivity index (χ1n) is 16.1. The fraction of sp³-hybridized carbons (Fsp3) is 0.293. The summed E-state index contributed by atoms with van der Waals surface area (Å²) < 4.78 is 0. The van der Waals surface area contributed by atoms with E-state index in [4.69, 9.17) is 4.98 Å². The average molecular weight is 805 g/mol. The van der Waals surface area contributed by atoms with Crippen molar-refractivity contribution in [3.63, 3.8) is 0 Å². The Morgan fingerprint density at radius 1 is 0.574 bits per heavy atom. The molecular weight excluding hydrogens is 759 g/mol. The topological polar surface area (TPSA) is 46.4 Å². The van der Waals surface area contributed by atoms with Crippen LogP contribution >= 0.6 is 0 Å². The number of hydrogen-bond acceptors (Lipinski definition) is 4. The molecule has 0 saturated heterocycles. The summed E-state index contributed by atoms with van der Waals surface area (Å²) in [5, 5.41) is 2.59. The number of aromatic nitrogens is 3. The van der Waals surface area contributed by atoms with E-state index in [1.807, 2.05) is 0 Å². The van der Waals surface area contributed by atoms with Gasteiger partial charge in [0.1, 0.15) is 11.6 Å². The summed E-state index contributed by atoms with van der Waals surface area (Å²) in [6.07, 6.45) is 3.50. The van der Waals surface area contributed by atoms with Crippen molar-refractivity contribution in [2.75, 3.05) is 9.80 Å². The molecule has 47 heavy (non-hydrogen) atoms. The minimum Gasteiger partial charge on any atom is -0.656 e. The fourth-order valence-corrected chi connectivity index (χ4v) is 6.25. The van der Waals surface area contributed by atoms with Gasteiger partial charge in [-0.3, -0.25) is 0 Å². The van der Waals surface area contributed by atoms with E-state index in [9.17, 15) is 0 Å². The van der Waals surface area contributed by atoms with Crippen molar-refractivity contribution in [2.45, 2.75) is 80.1 Å². The van der Waals surface area contributed by atoms with Crippen molar-refractivity contribution in [1.29, 1.82) is 0 Å². The molecule has 0 atom stereocenters. The van der Waals surface area contributed by atoms with Crippen molar-refractivity contribution in [1.82, 2.24) is 15.0 Å². The zero-order valence-corrected chi connectivity index (χ0v) is 31.4. The Hall–Kier alpha value is -3.90. The molecule has 0 aliphatic carbocycles. The van der Waals surface area contributed by atoms with Crippen LogP contribution < -0.4 is 14.8 Å². The first-order chi connectivity index (χ1) is 21.7. The second kappa shape index (κ2) is 13.0. The summed E-state index contributed by atoms with van der Waals surface area (Å²) in [7, 11) is 0. The van der Waals surface area contributed by atoms with Gasteiger partial charge in [-0.2, -0.15) is 0 Å². The predicted octanol–water partition coefficient (Wildman–Crippen LogP) is 10.7. The molecule has 6 heteroatoms. The van der Waals surface area contributed by atoms with Crippen LogP contribution in [-0.4, -0.2) is 9.97 Å². The average Bonchev–Trinajstić information content (AvgIpc) is 3.57. The molecule has 0 spiro atoms. The van der Waals surface area contributed by atoms with Crippen LogP contribution in [0.2, 0.25) is 0 Å². The Kier molecular flexibility index (Phi) is 9.49. The molecule has 0 bridgehead atoms. The number of rotatable bonds is 2. The Balaban J connectivity index is 0.000000205. The van der Waals surface area contributed by atoms with E-state index >= 15 is 0 Å². The van der Waals surface area contributed by atoms with Crippen LogP contribution in [0, 0.1) is 34.4 Å². The van der Waals surface area contributed by atoms with E-state index in [-0.39, 0.29) is 33.2 Å². The summed E-state index contributed by atoms with van der Waals surface area (Å²) in [4.78, 5) is 18.3. The van der Waals surface area contributed by atoms with Gasteiger partial charge in [-0.1, -0.05) is 112 Å². The molecule has 3 heterocycles. The fourth-order valence-electron chi connectivity index (χ4n) is 6.25. The zero-order chi connectivity index (χ0) is 33.0. The summed E-state index contributed by atoms with van der Waals surface area (Å²) in [6, 6.07) is 26.2. The molecule has 6 aromatic rings. The third-order valence-corrected chi connectivity index (χ3v) is 8.73. The van der Waals surface area contributed by atoms with Gasteiger partial charge in [-0.05, 0) is 84.7 Å². The molecule has 1 aliphatic rings. The zero-order valence-electron chi connectivity index (χ0n) is 29.2. The van der Waals surface area contributed by atoms with Gasteiger partial charge in [0, 0.05) is 46.1 Å². The third-order valence-electron chi connectivity index (χ3n) is 8.73. The van der Waals surface area contributed by atoms with Gasteiger partial charge < -0.3 is 14.8 Å². The summed E-state index contributed by atoms with van der Waals surface area (Å²) >= 11 is 0. The Labute approximate surface area is 296 Å². The van der Waals surface area contributed by atoms with Gasteiger partial charge in [-0.15, -0.1) is 17.7 Å². The van der Waals surface area contributed by atoms with Gasteiger partial charge in [0.05, 0.1) is 0 Å². The van der Waals surface area contributed by atoms with Gasteiger partial charge in [-0.25, -0.2) is 9.97 Å². The van der Waals surface area contributed by atoms with Crippen LogP contribution in [0.4, 0.5) is 23.0 Å². The van der Waals surface area contributed by atoms with E-state index in [1.165, 1.54) is 44.2 Å². The van der Waals surface area contributed by atoms with Gasteiger partial charge in [0.15, 0.2) is 0 Å². The Morgan fingerprint density at radius 3 is 1.36 bits per heavy atom. The van der Waals surface area contributed by atoms with Crippen LogP contribution in [0.15, 0.2) is 85.2 Å². The number of aryl methyl sites for hydroxylation is 4. The number of anilines is 4. The SMILES string of the molecule is CC(C)(C)c1cccc(N2[CH-]N(c3cccc(C(C)(C)C)c3)c3nccnc32)c1.Cc1cc(C)c2[n-]c3c(C)cc(C)cc3c2c1.[Au]. The van der Waals surface area contributed by atoms with Crippen LogP contribution in [0.25, 0.3) is 21.8 Å². The molecule has 0 saturated carbocycles. The van der Waals surface area contributed by atoms with Crippen molar-refractivity contribution in [2.24, 2.45) is 0 Å². The summed E-state index contributed by atoms with van der Waals surface area (Å²) in [6.45, 7) is 24.1.